The van der Waals surface area contributed by atoms with E-state index in [-0.39, 0.29) is 38.1 Å². The molecule has 0 aromatic carbocycles. The fourth-order valence-electron chi connectivity index (χ4n) is 0.751. The van der Waals surface area contributed by atoms with Crippen LogP contribution in [0.5, 0.6) is 0 Å². The van der Waals surface area contributed by atoms with Crippen LogP contribution in [0.2, 0.25) is 0 Å². The molecular formula is C11H20MgO4. The molecule has 0 radical (unpaired) electrons. The summed E-state index contributed by atoms with van der Waals surface area (Å²) in [6.07, 6.45) is -0.317. The first-order chi connectivity index (χ1) is 6.49. The van der Waals surface area contributed by atoms with E-state index in [0.717, 1.165) is 0 Å². The molecule has 90 valence electrons. The predicted octanol–water partition coefficient (Wildman–Crippen LogP) is 1.52. The van der Waals surface area contributed by atoms with Gasteiger partial charge in [0.1, 0.15) is 11.2 Å². The summed E-state index contributed by atoms with van der Waals surface area (Å²) in [7, 11) is 0. The van der Waals surface area contributed by atoms with Crippen LogP contribution in [0.25, 0.3) is 0 Å². The van der Waals surface area contributed by atoms with Crippen molar-refractivity contribution in [3.8, 4) is 0 Å². The third kappa shape index (κ3) is 4.61. The Morgan fingerprint density at radius 3 is 1.62 bits per heavy atom. The Labute approximate surface area is 115 Å². The summed E-state index contributed by atoms with van der Waals surface area (Å²) in [6, 6.07) is 0. The van der Waals surface area contributed by atoms with Crippen molar-refractivity contribution in [1.82, 2.24) is 0 Å². The Morgan fingerprint density at radius 2 is 1.38 bits per heavy atom. The second-order valence-corrected chi connectivity index (χ2v) is 5.20. The number of ketones is 2. The monoisotopic (exact) mass is 240 g/mol. The van der Waals surface area contributed by atoms with Crippen LogP contribution in [0, 0.1) is 10.8 Å². The molecule has 5 heteroatoms. The van der Waals surface area contributed by atoms with Gasteiger partial charge in [-0.1, -0.05) is 20.8 Å². The van der Waals surface area contributed by atoms with Gasteiger partial charge in [-0.05, 0) is 13.8 Å². The number of hydrogen-bond acceptors (Lipinski definition) is 3. The summed E-state index contributed by atoms with van der Waals surface area (Å²) in [5, 5.41) is 8.80. The fourth-order valence-corrected chi connectivity index (χ4v) is 0.751. The van der Waals surface area contributed by atoms with Gasteiger partial charge >= 0.3 is 29.0 Å². The molecule has 1 N–H and O–H groups in total. The molecule has 0 saturated carbocycles. The van der Waals surface area contributed by atoms with Crippen LogP contribution < -0.4 is 0 Å². The third-order valence-electron chi connectivity index (χ3n) is 2.39. The van der Waals surface area contributed by atoms with Crippen molar-refractivity contribution in [3.63, 3.8) is 0 Å². The van der Waals surface area contributed by atoms with Crippen molar-refractivity contribution in [2.24, 2.45) is 10.8 Å². The normalized spacial score (nSPS) is 11.6. The molecule has 0 aliphatic carbocycles. The Morgan fingerprint density at radius 1 is 1.00 bits per heavy atom. The van der Waals surface area contributed by atoms with E-state index in [4.69, 9.17) is 5.11 Å². The van der Waals surface area contributed by atoms with Crippen molar-refractivity contribution in [3.05, 3.63) is 0 Å². The molecule has 0 unspecified atom stereocenters. The van der Waals surface area contributed by atoms with Gasteiger partial charge in [-0.25, -0.2) is 0 Å². The number of carboxylic acid groups (broad SMARTS) is 1. The third-order valence-corrected chi connectivity index (χ3v) is 2.39. The van der Waals surface area contributed by atoms with E-state index >= 15 is 0 Å². The van der Waals surface area contributed by atoms with Crippen molar-refractivity contribution in [1.29, 1.82) is 0 Å². The van der Waals surface area contributed by atoms with Gasteiger partial charge in [0, 0.05) is 5.41 Å². The van der Waals surface area contributed by atoms with Crippen LogP contribution in [0.4, 0.5) is 0 Å². The van der Waals surface area contributed by atoms with Gasteiger partial charge in [-0.15, -0.1) is 0 Å². The minimum atomic E-state index is -1.49. The number of carbonyl (C=O) groups excluding carboxylic acids is 2. The van der Waals surface area contributed by atoms with Gasteiger partial charge in [-0.3, -0.25) is 14.4 Å². The average molecular weight is 241 g/mol. The number of aliphatic carboxylic acids is 1. The molecule has 0 bridgehead atoms. The van der Waals surface area contributed by atoms with Crippen LogP contribution in [0.3, 0.4) is 0 Å². The van der Waals surface area contributed by atoms with Crippen molar-refractivity contribution in [2.75, 3.05) is 0 Å². The largest absolute Gasteiger partial charge is 2.00 e. The zero-order chi connectivity index (χ0) is 12.4. The summed E-state index contributed by atoms with van der Waals surface area (Å²) < 4.78 is 0. The minimum Gasteiger partial charge on any atom is -1.00 e. The second kappa shape index (κ2) is 5.77. The van der Waals surface area contributed by atoms with E-state index in [1.807, 2.05) is 0 Å². The van der Waals surface area contributed by atoms with Crippen LogP contribution in [0.1, 0.15) is 43.9 Å². The van der Waals surface area contributed by atoms with Crippen molar-refractivity contribution < 1.29 is 22.3 Å². The molecule has 4 nitrogen and oxygen atoms in total. The van der Waals surface area contributed by atoms with Gasteiger partial charge in [0.05, 0.1) is 6.42 Å². The average Bonchev–Trinajstić information content (AvgIpc) is 2.01. The smallest absolute Gasteiger partial charge is 1.00 e. The molecule has 0 spiro atoms. The minimum absolute atomic E-state index is 0. The topological polar surface area (TPSA) is 71.4 Å². The molecule has 0 rings (SSSR count). The maximum Gasteiger partial charge on any atom is 2.00 e. The van der Waals surface area contributed by atoms with E-state index in [1.165, 1.54) is 13.8 Å². The molecule has 0 fully saturated rings. The summed E-state index contributed by atoms with van der Waals surface area (Å²) in [4.78, 5) is 33.9. The van der Waals surface area contributed by atoms with E-state index in [1.54, 1.807) is 20.8 Å². The van der Waals surface area contributed by atoms with Gasteiger partial charge in [-0.2, -0.15) is 0 Å². The van der Waals surface area contributed by atoms with Crippen molar-refractivity contribution in [2.45, 2.75) is 41.0 Å². The first-order valence-corrected chi connectivity index (χ1v) is 4.79. The summed E-state index contributed by atoms with van der Waals surface area (Å²) >= 11 is 0. The molecule has 0 saturated heterocycles. The van der Waals surface area contributed by atoms with E-state index in [9.17, 15) is 14.4 Å². The summed E-state index contributed by atoms with van der Waals surface area (Å²) in [6.45, 7) is 7.74. The first kappa shape index (κ1) is 18.0. The van der Waals surface area contributed by atoms with Gasteiger partial charge in [0.15, 0.2) is 5.78 Å². The van der Waals surface area contributed by atoms with Gasteiger partial charge in [0.2, 0.25) is 0 Å². The standard InChI is InChI=1S/C11H18O4.Mg.2H/c1-10(2,3)7(12)6-8(13)11(4,5)9(14)15;;;/h6H2,1-5H3,(H,14,15);;;/q;+2;2*-1. The van der Waals surface area contributed by atoms with Crippen LogP contribution in [-0.2, 0) is 14.4 Å². The second-order valence-electron chi connectivity index (χ2n) is 5.20. The molecule has 0 aromatic heterocycles. The van der Waals surface area contributed by atoms with E-state index in [0.29, 0.717) is 0 Å². The van der Waals surface area contributed by atoms with E-state index in [2.05, 4.69) is 0 Å². The van der Waals surface area contributed by atoms with Crippen LogP contribution >= 0.6 is 0 Å². The molecule has 0 amide bonds. The maximum absolute atomic E-state index is 11.6. The van der Waals surface area contributed by atoms with Crippen molar-refractivity contribution >= 4 is 40.6 Å². The molecule has 0 aliphatic heterocycles. The summed E-state index contributed by atoms with van der Waals surface area (Å²) in [5.41, 5.74) is -2.09. The Kier molecular flexibility index (Phi) is 6.48. The number of carboxylic acids is 1. The molecule has 0 heterocycles. The first-order valence-electron chi connectivity index (χ1n) is 4.79. The molecule has 16 heavy (non-hydrogen) atoms. The predicted molar refractivity (Wildman–Crippen MR) is 63.5 cm³/mol. The molecule has 0 atom stereocenters. The quantitative estimate of drug-likeness (QED) is 0.597. The molecule has 0 aliphatic rings. The fraction of sp³-hybridized carbons (Fsp3) is 0.727. The number of Topliss-reactive ketones (excluding diaryl/α,β-unsaturated/α-hetero) is 2. The Balaban J connectivity index is -0.000000327. The molecular weight excluding hydrogens is 220 g/mol. The molecule has 0 aromatic rings. The Hall–Kier alpha value is -0.424. The van der Waals surface area contributed by atoms with Gasteiger partial charge in [0.25, 0.3) is 0 Å². The number of rotatable bonds is 4. The maximum atomic E-state index is 11.6. The van der Waals surface area contributed by atoms with Gasteiger partial charge < -0.3 is 7.96 Å². The zero-order valence-corrected chi connectivity index (χ0v) is 12.0. The van der Waals surface area contributed by atoms with Crippen LogP contribution in [0.15, 0.2) is 0 Å². The summed E-state index contributed by atoms with van der Waals surface area (Å²) in [5.74, 6) is -1.98. The van der Waals surface area contributed by atoms with Crippen LogP contribution in [-0.4, -0.2) is 45.7 Å². The zero-order valence-electron chi connectivity index (χ0n) is 12.6. The number of hydrogen-bond donors (Lipinski definition) is 1. The number of carbonyl (C=O) groups is 3. The van der Waals surface area contributed by atoms with E-state index < -0.39 is 22.6 Å². The Bertz CT molecular complexity index is 309. The SMILES string of the molecule is CC(C)(C)C(=O)CC(=O)C(C)(C)C(=O)O.[H-].[H-].[Mg+2].